The average molecular weight is 282 g/mol. The third-order valence-corrected chi connectivity index (χ3v) is 2.93. The predicted octanol–water partition coefficient (Wildman–Crippen LogP) is 0.841. The highest BCUT2D eigenvalue weighted by Crippen LogP contribution is 2.20. The molecule has 0 bridgehead atoms. The molecule has 1 aliphatic heterocycles. The van der Waals surface area contributed by atoms with Gasteiger partial charge in [0.15, 0.2) is 0 Å². The van der Waals surface area contributed by atoms with Crippen molar-refractivity contribution in [2.45, 2.75) is 12.5 Å². The number of hydrogen-bond donors (Lipinski definition) is 3. The maximum atomic E-state index is 13.6. The minimum atomic E-state index is -1.30. The molecule has 0 radical (unpaired) electrons. The van der Waals surface area contributed by atoms with Crippen LogP contribution in [0.15, 0.2) is 18.2 Å². The Morgan fingerprint density at radius 3 is 2.95 bits per heavy atom. The molecule has 7 heteroatoms. The van der Waals surface area contributed by atoms with Crippen molar-refractivity contribution in [1.82, 2.24) is 5.32 Å². The number of hydrogen-bond acceptors (Lipinski definition) is 4. The van der Waals surface area contributed by atoms with Crippen molar-refractivity contribution in [3.05, 3.63) is 29.6 Å². The molecular formula is C13H15FN2O4. The molecule has 2 rings (SSSR count). The topological polar surface area (TPSA) is 87.7 Å². The third-order valence-electron chi connectivity index (χ3n) is 2.93. The van der Waals surface area contributed by atoms with E-state index in [9.17, 15) is 14.0 Å². The number of morpholine rings is 1. The van der Waals surface area contributed by atoms with E-state index in [4.69, 9.17) is 9.84 Å². The zero-order valence-corrected chi connectivity index (χ0v) is 10.7. The molecule has 1 fully saturated rings. The normalized spacial score (nSPS) is 18.6. The smallest absolute Gasteiger partial charge is 0.337 e. The van der Waals surface area contributed by atoms with Crippen LogP contribution in [0.5, 0.6) is 0 Å². The fourth-order valence-electron chi connectivity index (χ4n) is 1.98. The van der Waals surface area contributed by atoms with Gasteiger partial charge in [-0.05, 0) is 12.1 Å². The number of halogens is 1. The van der Waals surface area contributed by atoms with E-state index in [1.54, 1.807) is 0 Å². The van der Waals surface area contributed by atoms with E-state index >= 15 is 0 Å². The fourth-order valence-corrected chi connectivity index (χ4v) is 1.98. The first-order chi connectivity index (χ1) is 9.58. The monoisotopic (exact) mass is 282 g/mol. The lowest BCUT2D eigenvalue weighted by atomic mass is 10.1. The van der Waals surface area contributed by atoms with Crippen LogP contribution >= 0.6 is 0 Å². The summed E-state index contributed by atoms with van der Waals surface area (Å²) in [6, 6.07) is 3.61. The van der Waals surface area contributed by atoms with Crippen LogP contribution in [-0.2, 0) is 9.53 Å². The minimum absolute atomic E-state index is 0.0421. The number of anilines is 1. The van der Waals surface area contributed by atoms with Gasteiger partial charge in [-0.3, -0.25) is 4.79 Å². The number of carbonyl (C=O) groups excluding carboxylic acids is 1. The molecule has 20 heavy (non-hydrogen) atoms. The molecule has 1 saturated heterocycles. The van der Waals surface area contributed by atoms with Crippen molar-refractivity contribution in [3.63, 3.8) is 0 Å². The summed E-state index contributed by atoms with van der Waals surface area (Å²) in [6.07, 6.45) is -0.246. The second-order valence-electron chi connectivity index (χ2n) is 4.42. The van der Waals surface area contributed by atoms with Crippen LogP contribution < -0.4 is 10.6 Å². The van der Waals surface area contributed by atoms with Crippen molar-refractivity contribution in [2.75, 3.05) is 25.0 Å². The van der Waals surface area contributed by atoms with Crippen LogP contribution in [0.3, 0.4) is 0 Å². The third kappa shape index (κ3) is 3.52. The van der Waals surface area contributed by atoms with Crippen LogP contribution in [0.25, 0.3) is 0 Å². The molecule has 1 amide bonds. The van der Waals surface area contributed by atoms with Crippen LogP contribution in [0.4, 0.5) is 10.1 Å². The molecule has 0 aliphatic carbocycles. The summed E-state index contributed by atoms with van der Waals surface area (Å²) in [5, 5.41) is 14.3. The number of para-hydroxylation sites is 1. The molecule has 1 aromatic rings. The van der Waals surface area contributed by atoms with E-state index in [1.165, 1.54) is 12.1 Å². The second kappa shape index (κ2) is 6.44. The van der Waals surface area contributed by atoms with Crippen molar-refractivity contribution in [1.29, 1.82) is 0 Å². The van der Waals surface area contributed by atoms with Crippen LogP contribution in [-0.4, -0.2) is 42.8 Å². The van der Waals surface area contributed by atoms with E-state index in [0.717, 1.165) is 12.6 Å². The molecule has 1 atom stereocenters. The number of amides is 1. The summed E-state index contributed by atoms with van der Waals surface area (Å²) in [7, 11) is 0. The quantitative estimate of drug-likeness (QED) is 0.761. The Labute approximate surface area is 114 Å². The van der Waals surface area contributed by atoms with E-state index in [-0.39, 0.29) is 23.8 Å². The van der Waals surface area contributed by atoms with Crippen molar-refractivity contribution < 1.29 is 23.8 Å². The van der Waals surface area contributed by atoms with Gasteiger partial charge in [-0.1, -0.05) is 6.07 Å². The lowest BCUT2D eigenvalue weighted by Gasteiger charge is -2.23. The van der Waals surface area contributed by atoms with Gasteiger partial charge < -0.3 is 20.5 Å². The number of ether oxygens (including phenoxy) is 1. The predicted molar refractivity (Wildman–Crippen MR) is 69.2 cm³/mol. The van der Waals surface area contributed by atoms with Gasteiger partial charge in [-0.15, -0.1) is 0 Å². The number of carbonyl (C=O) groups is 2. The first kappa shape index (κ1) is 14.4. The van der Waals surface area contributed by atoms with Crippen LogP contribution in [0.2, 0.25) is 0 Å². The maximum absolute atomic E-state index is 13.6. The van der Waals surface area contributed by atoms with Gasteiger partial charge in [0.05, 0.1) is 30.4 Å². The SMILES string of the molecule is O=C(CC1CNCCO1)Nc1c(F)cccc1C(=O)O. The van der Waals surface area contributed by atoms with Gasteiger partial charge in [-0.25, -0.2) is 9.18 Å². The molecule has 0 saturated carbocycles. The molecule has 1 heterocycles. The van der Waals surface area contributed by atoms with Gasteiger partial charge in [-0.2, -0.15) is 0 Å². The summed E-state index contributed by atoms with van der Waals surface area (Å²) >= 11 is 0. The standard InChI is InChI=1S/C13H15FN2O4/c14-10-3-1-2-9(13(18)19)12(10)16-11(17)6-8-7-15-4-5-20-8/h1-3,8,15H,4-7H2,(H,16,17)(H,18,19). The summed E-state index contributed by atoms with van der Waals surface area (Å²) in [4.78, 5) is 22.8. The van der Waals surface area contributed by atoms with E-state index in [2.05, 4.69) is 10.6 Å². The van der Waals surface area contributed by atoms with E-state index in [1.807, 2.05) is 0 Å². The molecule has 0 spiro atoms. The average Bonchev–Trinajstić information content (AvgIpc) is 2.42. The lowest BCUT2D eigenvalue weighted by molar-refractivity contribution is -0.119. The highest BCUT2D eigenvalue weighted by Gasteiger charge is 2.20. The Bertz CT molecular complexity index is 515. The van der Waals surface area contributed by atoms with Gasteiger partial charge in [0, 0.05) is 13.1 Å². The van der Waals surface area contributed by atoms with Crippen LogP contribution in [0, 0.1) is 5.82 Å². The molecular weight excluding hydrogens is 267 g/mol. The Kier molecular flexibility index (Phi) is 4.65. The zero-order valence-electron chi connectivity index (χ0n) is 10.7. The highest BCUT2D eigenvalue weighted by atomic mass is 19.1. The molecule has 6 nitrogen and oxygen atoms in total. The van der Waals surface area contributed by atoms with Crippen molar-refractivity contribution >= 4 is 17.6 Å². The minimum Gasteiger partial charge on any atom is -0.478 e. The number of aromatic carboxylic acids is 1. The molecule has 1 unspecified atom stereocenters. The molecule has 1 aromatic carbocycles. The summed E-state index contributed by atoms with van der Waals surface area (Å²) in [5.74, 6) is -2.55. The largest absolute Gasteiger partial charge is 0.478 e. The Balaban J connectivity index is 2.05. The van der Waals surface area contributed by atoms with E-state index in [0.29, 0.717) is 13.2 Å². The molecule has 108 valence electrons. The molecule has 0 aromatic heterocycles. The number of carboxylic acids is 1. The van der Waals surface area contributed by atoms with Crippen molar-refractivity contribution in [2.24, 2.45) is 0 Å². The number of rotatable bonds is 4. The molecule has 3 N–H and O–H groups in total. The molecule has 1 aliphatic rings. The Morgan fingerprint density at radius 2 is 2.30 bits per heavy atom. The summed E-state index contributed by atoms with van der Waals surface area (Å²) < 4.78 is 19.0. The zero-order chi connectivity index (χ0) is 14.5. The van der Waals surface area contributed by atoms with Crippen LogP contribution in [0.1, 0.15) is 16.8 Å². The highest BCUT2D eigenvalue weighted by molar-refractivity contribution is 6.00. The number of benzene rings is 1. The lowest BCUT2D eigenvalue weighted by Crippen LogP contribution is -2.40. The van der Waals surface area contributed by atoms with Gasteiger partial charge in [0.1, 0.15) is 5.82 Å². The maximum Gasteiger partial charge on any atom is 0.337 e. The van der Waals surface area contributed by atoms with Gasteiger partial charge >= 0.3 is 5.97 Å². The van der Waals surface area contributed by atoms with Gasteiger partial charge in [0.2, 0.25) is 5.91 Å². The first-order valence-electron chi connectivity index (χ1n) is 6.22. The van der Waals surface area contributed by atoms with E-state index < -0.39 is 17.7 Å². The Morgan fingerprint density at radius 1 is 1.50 bits per heavy atom. The summed E-state index contributed by atoms with van der Waals surface area (Å²) in [6.45, 7) is 1.78. The Hall–Kier alpha value is -1.99. The number of carboxylic acid groups (broad SMARTS) is 1. The van der Waals surface area contributed by atoms with Gasteiger partial charge in [0.25, 0.3) is 0 Å². The number of nitrogens with one attached hydrogen (secondary N) is 2. The second-order valence-corrected chi connectivity index (χ2v) is 4.42. The summed E-state index contributed by atoms with van der Waals surface area (Å²) in [5.41, 5.74) is -0.588. The van der Waals surface area contributed by atoms with Crippen molar-refractivity contribution in [3.8, 4) is 0 Å². The fraction of sp³-hybridized carbons (Fsp3) is 0.385. The first-order valence-corrected chi connectivity index (χ1v) is 6.22.